The van der Waals surface area contributed by atoms with E-state index >= 15 is 0 Å². The number of rotatable bonds is 5. The smallest absolute Gasteiger partial charge is 0.127 e. The Bertz CT molecular complexity index is 342. The van der Waals surface area contributed by atoms with Gasteiger partial charge in [-0.05, 0) is 51.2 Å². The summed E-state index contributed by atoms with van der Waals surface area (Å²) < 4.78 is 13.5. The zero-order chi connectivity index (χ0) is 12.1. The first-order chi connectivity index (χ1) is 7.49. The molecule has 0 radical (unpaired) electrons. The van der Waals surface area contributed by atoms with Crippen LogP contribution in [0, 0.1) is 5.82 Å². The predicted octanol–water partition coefficient (Wildman–Crippen LogP) is 2.30. The lowest BCUT2D eigenvalue weighted by molar-refractivity contribution is 0.378. The molecule has 1 aromatic rings. The summed E-state index contributed by atoms with van der Waals surface area (Å²) in [7, 11) is 3.99. The lowest BCUT2D eigenvalue weighted by atomic mass is 10.0. The molecule has 0 saturated carbocycles. The third-order valence-corrected chi connectivity index (χ3v) is 2.68. The average molecular weight is 245 g/mol. The van der Waals surface area contributed by atoms with Crippen molar-refractivity contribution in [1.82, 2.24) is 4.90 Å². The monoisotopic (exact) mass is 244 g/mol. The molecule has 0 aliphatic rings. The highest BCUT2D eigenvalue weighted by atomic mass is 35.5. The Balaban J connectivity index is 2.52. The maximum atomic E-state index is 13.5. The van der Waals surface area contributed by atoms with Crippen molar-refractivity contribution in [2.75, 3.05) is 20.6 Å². The van der Waals surface area contributed by atoms with Gasteiger partial charge in [0.1, 0.15) is 5.82 Å². The minimum Gasteiger partial charge on any atom is -0.327 e. The van der Waals surface area contributed by atoms with Gasteiger partial charge in [0, 0.05) is 11.1 Å². The van der Waals surface area contributed by atoms with Gasteiger partial charge in [0.05, 0.1) is 0 Å². The van der Waals surface area contributed by atoms with Crippen LogP contribution >= 0.6 is 11.6 Å². The summed E-state index contributed by atoms with van der Waals surface area (Å²) >= 11 is 5.68. The van der Waals surface area contributed by atoms with E-state index < -0.39 is 0 Å². The highest BCUT2D eigenvalue weighted by Crippen LogP contribution is 2.16. The van der Waals surface area contributed by atoms with E-state index in [0.717, 1.165) is 13.0 Å². The molecule has 0 amide bonds. The molecule has 1 unspecified atom stereocenters. The second-order valence-corrected chi connectivity index (χ2v) is 4.73. The minimum absolute atomic E-state index is 0.0157. The van der Waals surface area contributed by atoms with Crippen molar-refractivity contribution in [3.05, 3.63) is 34.6 Å². The Kier molecular flexibility index (Phi) is 5.19. The fourth-order valence-corrected chi connectivity index (χ4v) is 1.65. The van der Waals surface area contributed by atoms with Crippen molar-refractivity contribution in [2.45, 2.75) is 18.9 Å². The first-order valence-electron chi connectivity index (χ1n) is 5.33. The van der Waals surface area contributed by atoms with Crippen molar-refractivity contribution in [1.29, 1.82) is 0 Å². The molecule has 0 heterocycles. The van der Waals surface area contributed by atoms with Gasteiger partial charge in [-0.3, -0.25) is 0 Å². The van der Waals surface area contributed by atoms with Crippen LogP contribution in [-0.4, -0.2) is 31.6 Å². The van der Waals surface area contributed by atoms with Crippen LogP contribution in [0.1, 0.15) is 12.0 Å². The van der Waals surface area contributed by atoms with Crippen LogP contribution in [0.2, 0.25) is 5.02 Å². The third kappa shape index (κ3) is 4.47. The molecule has 1 rings (SSSR count). The van der Waals surface area contributed by atoms with Gasteiger partial charge in [-0.15, -0.1) is 0 Å². The van der Waals surface area contributed by atoms with Gasteiger partial charge in [0.15, 0.2) is 0 Å². The van der Waals surface area contributed by atoms with Gasteiger partial charge in [0.25, 0.3) is 0 Å². The summed E-state index contributed by atoms with van der Waals surface area (Å²) in [6.07, 6.45) is 1.41. The molecular weight excluding hydrogens is 227 g/mol. The summed E-state index contributed by atoms with van der Waals surface area (Å²) in [5.41, 5.74) is 6.57. The molecule has 0 aromatic heterocycles. The van der Waals surface area contributed by atoms with Crippen LogP contribution in [0.5, 0.6) is 0 Å². The van der Waals surface area contributed by atoms with E-state index in [0.29, 0.717) is 17.0 Å². The lowest BCUT2D eigenvalue weighted by Gasteiger charge is -2.15. The van der Waals surface area contributed by atoms with E-state index in [4.69, 9.17) is 17.3 Å². The molecule has 1 atom stereocenters. The molecular formula is C12H18ClFN2. The predicted molar refractivity (Wildman–Crippen MR) is 66.3 cm³/mol. The third-order valence-electron chi connectivity index (χ3n) is 2.44. The first kappa shape index (κ1) is 13.4. The lowest BCUT2D eigenvalue weighted by Crippen LogP contribution is -2.28. The second-order valence-electron chi connectivity index (χ2n) is 4.29. The Labute approximate surface area is 101 Å². The van der Waals surface area contributed by atoms with E-state index in [2.05, 4.69) is 4.90 Å². The number of hydrogen-bond acceptors (Lipinski definition) is 2. The first-order valence-corrected chi connectivity index (χ1v) is 5.71. The Morgan fingerprint density at radius 2 is 2.12 bits per heavy atom. The molecule has 0 fully saturated rings. The summed E-state index contributed by atoms with van der Waals surface area (Å²) in [4.78, 5) is 2.07. The van der Waals surface area contributed by atoms with Crippen molar-refractivity contribution in [3.8, 4) is 0 Å². The maximum absolute atomic E-state index is 13.5. The van der Waals surface area contributed by atoms with Gasteiger partial charge in [0.2, 0.25) is 0 Å². The van der Waals surface area contributed by atoms with E-state index in [1.807, 2.05) is 14.1 Å². The molecule has 1 aromatic carbocycles. The molecule has 0 aliphatic heterocycles. The molecule has 2 nitrogen and oxygen atoms in total. The van der Waals surface area contributed by atoms with Crippen LogP contribution in [-0.2, 0) is 6.42 Å². The highest BCUT2D eigenvalue weighted by Gasteiger charge is 2.09. The highest BCUT2D eigenvalue weighted by molar-refractivity contribution is 6.30. The normalized spacial score (nSPS) is 13.1. The van der Waals surface area contributed by atoms with Crippen LogP contribution < -0.4 is 5.73 Å². The summed E-state index contributed by atoms with van der Waals surface area (Å²) in [5.74, 6) is -0.271. The summed E-state index contributed by atoms with van der Waals surface area (Å²) in [6.45, 7) is 0.913. The van der Waals surface area contributed by atoms with Crippen molar-refractivity contribution >= 4 is 11.6 Å². The van der Waals surface area contributed by atoms with Gasteiger partial charge >= 0.3 is 0 Å². The molecule has 0 spiro atoms. The van der Waals surface area contributed by atoms with Crippen molar-refractivity contribution < 1.29 is 4.39 Å². The van der Waals surface area contributed by atoms with Gasteiger partial charge in [-0.25, -0.2) is 4.39 Å². The van der Waals surface area contributed by atoms with E-state index in [1.54, 1.807) is 12.1 Å². The van der Waals surface area contributed by atoms with Crippen LogP contribution in [0.4, 0.5) is 4.39 Å². The quantitative estimate of drug-likeness (QED) is 0.861. The summed E-state index contributed by atoms with van der Waals surface area (Å²) in [5, 5.41) is 0.420. The van der Waals surface area contributed by atoms with Gasteiger partial charge in [-0.2, -0.15) is 0 Å². The topological polar surface area (TPSA) is 29.3 Å². The molecule has 0 saturated heterocycles. The molecule has 2 N–H and O–H groups in total. The van der Waals surface area contributed by atoms with Gasteiger partial charge < -0.3 is 10.6 Å². The van der Waals surface area contributed by atoms with Crippen LogP contribution in [0.25, 0.3) is 0 Å². The fourth-order valence-electron chi connectivity index (χ4n) is 1.50. The number of halogens is 2. The van der Waals surface area contributed by atoms with Crippen LogP contribution in [0.3, 0.4) is 0 Å². The molecule has 4 heteroatoms. The van der Waals surface area contributed by atoms with Crippen LogP contribution in [0.15, 0.2) is 18.2 Å². The second kappa shape index (κ2) is 6.18. The summed E-state index contributed by atoms with van der Waals surface area (Å²) in [6, 6.07) is 4.71. The number of hydrogen-bond donors (Lipinski definition) is 1. The number of nitrogens with zero attached hydrogens (tertiary/aromatic N) is 1. The van der Waals surface area contributed by atoms with E-state index in [9.17, 15) is 4.39 Å². The van der Waals surface area contributed by atoms with E-state index in [-0.39, 0.29) is 11.9 Å². The Morgan fingerprint density at radius 1 is 1.44 bits per heavy atom. The SMILES string of the molecule is CN(C)CCC(N)Cc1ccc(Cl)cc1F. The maximum Gasteiger partial charge on any atom is 0.127 e. The zero-order valence-electron chi connectivity index (χ0n) is 9.71. The molecule has 0 aliphatic carbocycles. The average Bonchev–Trinajstić information content (AvgIpc) is 2.19. The minimum atomic E-state index is -0.271. The Hall–Kier alpha value is -0.640. The largest absolute Gasteiger partial charge is 0.327 e. The van der Waals surface area contributed by atoms with Crippen molar-refractivity contribution in [3.63, 3.8) is 0 Å². The van der Waals surface area contributed by atoms with Gasteiger partial charge in [-0.1, -0.05) is 17.7 Å². The van der Waals surface area contributed by atoms with E-state index in [1.165, 1.54) is 6.07 Å². The van der Waals surface area contributed by atoms with Crippen molar-refractivity contribution in [2.24, 2.45) is 5.73 Å². The number of benzene rings is 1. The number of nitrogens with two attached hydrogens (primary N) is 1. The molecule has 90 valence electrons. The molecule has 0 bridgehead atoms. The zero-order valence-corrected chi connectivity index (χ0v) is 10.5. The Morgan fingerprint density at radius 3 is 2.69 bits per heavy atom. The fraction of sp³-hybridized carbons (Fsp3) is 0.500. The standard InChI is InChI=1S/C12H18ClFN2/c1-16(2)6-5-11(15)7-9-3-4-10(13)8-12(9)14/h3-4,8,11H,5-7,15H2,1-2H3. The molecule has 16 heavy (non-hydrogen) atoms.